The molecule has 0 aromatic heterocycles. The lowest BCUT2D eigenvalue weighted by atomic mass is 9.98. The molecule has 13 heteroatoms. The molecule has 2 fully saturated rings. The number of nitrogens with zero attached hydrogens (tertiary/aromatic N) is 1. The molecule has 3 N–H and O–H groups in total. The molecule has 1 saturated carbocycles. The van der Waals surface area contributed by atoms with Crippen LogP contribution in [0.3, 0.4) is 0 Å². The van der Waals surface area contributed by atoms with Crippen molar-refractivity contribution in [2.75, 3.05) is 27.7 Å². The van der Waals surface area contributed by atoms with E-state index in [2.05, 4.69) is 15.4 Å². The predicted molar refractivity (Wildman–Crippen MR) is 147 cm³/mol. The van der Waals surface area contributed by atoms with Gasteiger partial charge < -0.3 is 15.5 Å². The number of urea groups is 1. The summed E-state index contributed by atoms with van der Waals surface area (Å²) in [6.45, 7) is 0.309. The van der Waals surface area contributed by atoms with Gasteiger partial charge in [-0.05, 0) is 72.7 Å². The van der Waals surface area contributed by atoms with Crippen LogP contribution in [0.2, 0.25) is 0 Å². The van der Waals surface area contributed by atoms with Crippen LogP contribution in [-0.4, -0.2) is 39.2 Å². The highest BCUT2D eigenvalue weighted by atomic mass is 32.2. The summed E-state index contributed by atoms with van der Waals surface area (Å²) in [5.41, 5.74) is 1.88. The van der Waals surface area contributed by atoms with Crippen molar-refractivity contribution in [1.29, 1.82) is 0 Å². The summed E-state index contributed by atoms with van der Waals surface area (Å²) >= 11 is 0. The molecular weight excluding hydrogens is 564 g/mol. The standard InChI is InChI=1S/C28H26F4N4O4S/c1-41(39,40)35-22-5-3-2-4-19(22)17-8-11-25(20(14-17)16-6-7-16)36-13-12-24(26(36)37)34-27(38)33-23-10-9-18(15-21(23)29)28(30,31)32/h2-5,8-11,14-16,24,35H,6-7,12-13H2,1H3,(H2,33,34,38)/t24-/m1/s1. The van der Waals surface area contributed by atoms with E-state index in [0.717, 1.165) is 36.3 Å². The number of para-hydroxylation sites is 1. The molecule has 0 radical (unpaired) electrons. The van der Waals surface area contributed by atoms with E-state index in [1.165, 1.54) is 0 Å². The second-order valence-electron chi connectivity index (χ2n) is 10.1. The summed E-state index contributed by atoms with van der Waals surface area (Å²) in [5.74, 6) is -1.40. The molecule has 0 unspecified atom stereocenters. The first-order chi connectivity index (χ1) is 19.3. The van der Waals surface area contributed by atoms with Gasteiger partial charge >= 0.3 is 12.2 Å². The fourth-order valence-electron chi connectivity index (χ4n) is 4.88. The van der Waals surface area contributed by atoms with Gasteiger partial charge in [0.2, 0.25) is 15.9 Å². The third-order valence-electron chi connectivity index (χ3n) is 6.92. The van der Waals surface area contributed by atoms with Gasteiger partial charge in [-0.25, -0.2) is 17.6 Å². The summed E-state index contributed by atoms with van der Waals surface area (Å²) in [6, 6.07) is 12.5. The van der Waals surface area contributed by atoms with Crippen LogP contribution < -0.4 is 20.3 Å². The van der Waals surface area contributed by atoms with Gasteiger partial charge in [0.15, 0.2) is 0 Å². The zero-order valence-electron chi connectivity index (χ0n) is 21.8. The third-order valence-corrected chi connectivity index (χ3v) is 7.52. The van der Waals surface area contributed by atoms with Crippen LogP contribution in [0.4, 0.5) is 39.4 Å². The maximum atomic E-state index is 14.2. The Morgan fingerprint density at radius 2 is 1.71 bits per heavy atom. The Morgan fingerprint density at radius 1 is 0.976 bits per heavy atom. The number of halogens is 4. The van der Waals surface area contributed by atoms with Crippen molar-refractivity contribution in [2.24, 2.45) is 0 Å². The maximum absolute atomic E-state index is 14.2. The molecule has 216 valence electrons. The first kappa shape index (κ1) is 28.4. The number of alkyl halides is 3. The molecule has 0 spiro atoms. The first-order valence-corrected chi connectivity index (χ1v) is 14.7. The molecule has 5 rings (SSSR count). The van der Waals surface area contributed by atoms with Crippen LogP contribution >= 0.6 is 0 Å². The molecule has 3 aromatic carbocycles. The zero-order valence-corrected chi connectivity index (χ0v) is 22.6. The minimum atomic E-state index is -4.73. The van der Waals surface area contributed by atoms with Gasteiger partial charge in [0.1, 0.15) is 11.9 Å². The van der Waals surface area contributed by atoms with E-state index in [1.807, 2.05) is 6.07 Å². The molecule has 3 aromatic rings. The Kier molecular flexibility index (Phi) is 7.41. The number of hydrogen-bond acceptors (Lipinski definition) is 4. The Hall–Kier alpha value is -4.13. The second-order valence-corrected chi connectivity index (χ2v) is 11.8. The molecule has 0 bridgehead atoms. The van der Waals surface area contributed by atoms with Crippen molar-refractivity contribution in [2.45, 2.75) is 37.4 Å². The van der Waals surface area contributed by atoms with Crippen LogP contribution in [0, 0.1) is 5.82 Å². The van der Waals surface area contributed by atoms with E-state index < -0.39 is 45.3 Å². The van der Waals surface area contributed by atoms with E-state index in [0.29, 0.717) is 29.5 Å². The lowest BCUT2D eigenvalue weighted by Gasteiger charge is -2.22. The van der Waals surface area contributed by atoms with Crippen LogP contribution in [-0.2, 0) is 21.0 Å². The normalized spacial score (nSPS) is 17.4. The quantitative estimate of drug-likeness (QED) is 0.308. The van der Waals surface area contributed by atoms with Crippen molar-refractivity contribution in [3.8, 4) is 11.1 Å². The average Bonchev–Trinajstić information content (AvgIpc) is 3.68. The number of sulfonamides is 1. The zero-order chi connectivity index (χ0) is 29.5. The Labute approximate surface area is 233 Å². The van der Waals surface area contributed by atoms with Gasteiger partial charge in [0.05, 0.1) is 23.2 Å². The number of anilines is 3. The van der Waals surface area contributed by atoms with E-state index in [-0.39, 0.29) is 24.3 Å². The highest BCUT2D eigenvalue weighted by Crippen LogP contribution is 2.47. The van der Waals surface area contributed by atoms with Crippen molar-refractivity contribution in [3.05, 3.63) is 77.6 Å². The Morgan fingerprint density at radius 3 is 2.37 bits per heavy atom. The van der Waals surface area contributed by atoms with Crippen LogP contribution in [0.15, 0.2) is 60.7 Å². The number of hydrogen-bond donors (Lipinski definition) is 3. The molecule has 1 heterocycles. The number of nitrogens with one attached hydrogen (secondary N) is 3. The molecule has 41 heavy (non-hydrogen) atoms. The topological polar surface area (TPSA) is 108 Å². The SMILES string of the molecule is CS(=O)(=O)Nc1ccccc1-c1ccc(N2CC[C@@H](NC(=O)Nc3ccc(C(F)(F)F)cc3F)C2=O)c(C2CC2)c1. The maximum Gasteiger partial charge on any atom is 0.416 e. The smallest absolute Gasteiger partial charge is 0.326 e. The summed E-state index contributed by atoms with van der Waals surface area (Å²) in [4.78, 5) is 27.3. The van der Waals surface area contributed by atoms with Crippen molar-refractivity contribution in [3.63, 3.8) is 0 Å². The van der Waals surface area contributed by atoms with Gasteiger partial charge in [-0.3, -0.25) is 9.52 Å². The van der Waals surface area contributed by atoms with Crippen LogP contribution in [0.25, 0.3) is 11.1 Å². The minimum absolute atomic E-state index is 0.228. The predicted octanol–water partition coefficient (Wildman–Crippen LogP) is 5.69. The average molecular weight is 591 g/mol. The molecule has 1 saturated heterocycles. The van der Waals surface area contributed by atoms with Gasteiger partial charge in [-0.2, -0.15) is 13.2 Å². The fourth-order valence-corrected chi connectivity index (χ4v) is 5.45. The lowest BCUT2D eigenvalue weighted by Crippen LogP contribution is -2.43. The second kappa shape index (κ2) is 10.7. The molecule has 1 aliphatic heterocycles. The number of amides is 3. The van der Waals surface area contributed by atoms with E-state index in [9.17, 15) is 35.6 Å². The van der Waals surface area contributed by atoms with Crippen molar-refractivity contribution in [1.82, 2.24) is 5.32 Å². The van der Waals surface area contributed by atoms with Gasteiger partial charge in [0.25, 0.3) is 0 Å². The minimum Gasteiger partial charge on any atom is -0.326 e. The van der Waals surface area contributed by atoms with E-state index in [4.69, 9.17) is 0 Å². The van der Waals surface area contributed by atoms with Gasteiger partial charge in [-0.15, -0.1) is 0 Å². The summed E-state index contributed by atoms with van der Waals surface area (Å²) < 4.78 is 78.8. The molecule has 2 aliphatic rings. The highest BCUT2D eigenvalue weighted by Gasteiger charge is 2.37. The Balaban J connectivity index is 1.32. The number of carbonyl (C=O) groups is 2. The number of carbonyl (C=O) groups excluding carboxylic acids is 2. The molecule has 1 aliphatic carbocycles. The van der Waals surface area contributed by atoms with Crippen LogP contribution in [0.5, 0.6) is 0 Å². The molecular formula is C28H26F4N4O4S. The summed E-state index contributed by atoms with van der Waals surface area (Å²) in [7, 11) is -3.51. The molecule has 8 nitrogen and oxygen atoms in total. The summed E-state index contributed by atoms with van der Waals surface area (Å²) in [6.07, 6.45) is -1.51. The van der Waals surface area contributed by atoms with Crippen molar-refractivity contribution < 1.29 is 35.6 Å². The fraction of sp³-hybridized carbons (Fsp3) is 0.286. The lowest BCUT2D eigenvalue weighted by molar-refractivity contribution is -0.137. The third kappa shape index (κ3) is 6.45. The largest absolute Gasteiger partial charge is 0.416 e. The number of benzene rings is 3. The Bertz CT molecular complexity index is 1620. The highest BCUT2D eigenvalue weighted by molar-refractivity contribution is 7.92. The number of rotatable bonds is 7. The monoisotopic (exact) mass is 590 g/mol. The van der Waals surface area contributed by atoms with Gasteiger partial charge in [-0.1, -0.05) is 24.3 Å². The van der Waals surface area contributed by atoms with Crippen LogP contribution in [0.1, 0.15) is 36.3 Å². The van der Waals surface area contributed by atoms with E-state index in [1.54, 1.807) is 41.3 Å². The van der Waals surface area contributed by atoms with E-state index >= 15 is 0 Å². The summed E-state index contributed by atoms with van der Waals surface area (Å²) in [5, 5.41) is 4.65. The van der Waals surface area contributed by atoms with Crippen molar-refractivity contribution >= 4 is 39.0 Å². The molecule has 1 atom stereocenters. The van der Waals surface area contributed by atoms with Gasteiger partial charge in [0, 0.05) is 17.8 Å². The molecule has 3 amide bonds. The first-order valence-electron chi connectivity index (χ1n) is 12.8.